The van der Waals surface area contributed by atoms with Crippen molar-refractivity contribution in [3.63, 3.8) is 0 Å². The van der Waals surface area contributed by atoms with Crippen molar-refractivity contribution in [3.05, 3.63) is 50.6 Å². The van der Waals surface area contributed by atoms with Gasteiger partial charge in [0.05, 0.1) is 13.2 Å². The Morgan fingerprint density at radius 2 is 2.00 bits per heavy atom. The predicted octanol–water partition coefficient (Wildman–Crippen LogP) is 4.57. The fraction of sp³-hybridized carbons (Fsp3) is 0.188. The number of fused-ring (bicyclic) bond motifs is 1. The molecule has 1 aliphatic rings. The zero-order valence-corrected chi connectivity index (χ0v) is 13.6. The summed E-state index contributed by atoms with van der Waals surface area (Å²) in [5.41, 5.74) is 0.603. The molecule has 0 spiro atoms. The minimum atomic E-state index is -0.0461. The molecular formula is C16H13BrO3S. The number of ether oxygens (including phenoxy) is 2. The number of rotatable bonds is 3. The Hall–Kier alpha value is -1.59. The molecule has 3 nitrogen and oxygen atoms in total. The number of hydrogen-bond acceptors (Lipinski definition) is 4. The molecule has 0 saturated heterocycles. The largest absolute Gasteiger partial charge is 0.490 e. The molecule has 3 rings (SSSR count). The number of carbonyl (C=O) groups is 1. The molecule has 0 saturated carbocycles. The van der Waals surface area contributed by atoms with E-state index in [1.165, 1.54) is 0 Å². The molecule has 0 bridgehead atoms. The van der Waals surface area contributed by atoms with Gasteiger partial charge < -0.3 is 9.47 Å². The van der Waals surface area contributed by atoms with E-state index in [1.807, 2.05) is 17.5 Å². The number of carbonyl (C=O) groups excluding carboxylic acids is 1. The van der Waals surface area contributed by atoms with Gasteiger partial charge in [-0.05, 0) is 52.3 Å². The van der Waals surface area contributed by atoms with Gasteiger partial charge in [0.2, 0.25) is 0 Å². The van der Waals surface area contributed by atoms with Crippen LogP contribution >= 0.6 is 27.3 Å². The van der Waals surface area contributed by atoms with E-state index in [1.54, 1.807) is 35.6 Å². The maximum Gasteiger partial charge on any atom is 0.186 e. The lowest BCUT2D eigenvalue weighted by Crippen LogP contribution is -1.98. The second kappa shape index (κ2) is 6.45. The minimum Gasteiger partial charge on any atom is -0.490 e. The van der Waals surface area contributed by atoms with Gasteiger partial charge in [0.25, 0.3) is 0 Å². The van der Waals surface area contributed by atoms with Crippen LogP contribution in [0.25, 0.3) is 6.08 Å². The monoisotopic (exact) mass is 364 g/mol. The van der Waals surface area contributed by atoms with Crippen LogP contribution in [0.3, 0.4) is 0 Å². The minimum absolute atomic E-state index is 0.0461. The predicted molar refractivity (Wildman–Crippen MR) is 87.4 cm³/mol. The third-order valence-electron chi connectivity index (χ3n) is 3.02. The van der Waals surface area contributed by atoms with Crippen LogP contribution in [0.4, 0.5) is 0 Å². The Bertz CT molecular complexity index is 691. The fourth-order valence-corrected chi connectivity index (χ4v) is 3.32. The molecule has 0 N–H and O–H groups in total. The Morgan fingerprint density at radius 3 is 2.76 bits per heavy atom. The highest BCUT2D eigenvalue weighted by molar-refractivity contribution is 9.10. The molecule has 0 fully saturated rings. The molecule has 0 amide bonds. The van der Waals surface area contributed by atoms with Gasteiger partial charge in [-0.15, -0.1) is 11.3 Å². The number of allylic oxidation sites excluding steroid dienone is 1. The molecule has 0 atom stereocenters. The van der Waals surface area contributed by atoms with Crippen LogP contribution in [0.2, 0.25) is 0 Å². The lowest BCUT2D eigenvalue weighted by Gasteiger charge is -2.07. The maximum atomic E-state index is 12.2. The summed E-state index contributed by atoms with van der Waals surface area (Å²) in [5.74, 6) is 1.30. The Labute approximate surface area is 135 Å². The first-order chi connectivity index (χ1) is 10.2. The van der Waals surface area contributed by atoms with Crippen molar-refractivity contribution in [2.45, 2.75) is 6.42 Å². The van der Waals surface area contributed by atoms with Crippen molar-refractivity contribution in [2.75, 3.05) is 13.2 Å². The molecule has 0 radical (unpaired) electrons. The second-order valence-corrected chi connectivity index (χ2v) is 6.44. The Balaban J connectivity index is 1.78. The lowest BCUT2D eigenvalue weighted by molar-refractivity contribution is 0.104. The molecule has 108 valence electrons. The number of hydrogen-bond donors (Lipinski definition) is 0. The van der Waals surface area contributed by atoms with E-state index >= 15 is 0 Å². The Morgan fingerprint density at radius 1 is 1.19 bits per heavy atom. The van der Waals surface area contributed by atoms with Crippen molar-refractivity contribution in [2.24, 2.45) is 0 Å². The summed E-state index contributed by atoms with van der Waals surface area (Å²) >= 11 is 4.98. The van der Waals surface area contributed by atoms with Crippen LogP contribution in [0.5, 0.6) is 11.5 Å². The molecule has 2 aromatic rings. The zero-order chi connectivity index (χ0) is 14.7. The van der Waals surface area contributed by atoms with Gasteiger partial charge in [0, 0.05) is 26.7 Å². The van der Waals surface area contributed by atoms with Crippen molar-refractivity contribution in [3.8, 4) is 11.5 Å². The number of ketones is 1. The average Bonchev–Trinajstić information content (AvgIpc) is 2.77. The van der Waals surface area contributed by atoms with Gasteiger partial charge in [-0.2, -0.15) is 0 Å². The summed E-state index contributed by atoms with van der Waals surface area (Å²) in [6, 6.07) is 7.29. The molecule has 0 aliphatic carbocycles. The second-order valence-electron chi connectivity index (χ2n) is 4.58. The van der Waals surface area contributed by atoms with E-state index in [9.17, 15) is 4.79 Å². The third-order valence-corrected chi connectivity index (χ3v) is 4.68. The van der Waals surface area contributed by atoms with E-state index in [0.29, 0.717) is 30.3 Å². The van der Waals surface area contributed by atoms with Crippen molar-refractivity contribution < 1.29 is 14.3 Å². The van der Waals surface area contributed by atoms with E-state index in [2.05, 4.69) is 15.9 Å². The molecule has 1 aromatic carbocycles. The highest BCUT2D eigenvalue weighted by Gasteiger charge is 2.12. The molecule has 2 heterocycles. The Kier molecular flexibility index (Phi) is 4.41. The van der Waals surface area contributed by atoms with Crippen LogP contribution in [0.1, 0.15) is 21.7 Å². The molecule has 1 aliphatic heterocycles. The normalized spacial score (nSPS) is 14.1. The molecule has 1 aromatic heterocycles. The van der Waals surface area contributed by atoms with Crippen LogP contribution in [0.15, 0.2) is 40.2 Å². The van der Waals surface area contributed by atoms with E-state index in [-0.39, 0.29) is 5.78 Å². The number of benzene rings is 1. The van der Waals surface area contributed by atoms with Crippen LogP contribution in [-0.4, -0.2) is 19.0 Å². The maximum absolute atomic E-state index is 12.2. The van der Waals surface area contributed by atoms with Crippen LogP contribution in [-0.2, 0) is 0 Å². The lowest BCUT2D eigenvalue weighted by atomic mass is 10.1. The average molecular weight is 365 g/mol. The van der Waals surface area contributed by atoms with Crippen molar-refractivity contribution in [1.29, 1.82) is 0 Å². The van der Waals surface area contributed by atoms with E-state index in [0.717, 1.165) is 15.8 Å². The van der Waals surface area contributed by atoms with Gasteiger partial charge >= 0.3 is 0 Å². The molecule has 0 unspecified atom stereocenters. The van der Waals surface area contributed by atoms with Crippen LogP contribution in [0, 0.1) is 0 Å². The fourth-order valence-electron chi connectivity index (χ4n) is 1.99. The first-order valence-electron chi connectivity index (χ1n) is 6.58. The molecule has 21 heavy (non-hydrogen) atoms. The summed E-state index contributed by atoms with van der Waals surface area (Å²) in [4.78, 5) is 13.2. The van der Waals surface area contributed by atoms with Crippen LogP contribution < -0.4 is 9.47 Å². The van der Waals surface area contributed by atoms with Gasteiger partial charge in [0.15, 0.2) is 17.3 Å². The highest BCUT2D eigenvalue weighted by atomic mass is 79.9. The van der Waals surface area contributed by atoms with E-state index in [4.69, 9.17) is 9.47 Å². The van der Waals surface area contributed by atoms with Crippen molar-refractivity contribution >= 4 is 39.1 Å². The summed E-state index contributed by atoms with van der Waals surface area (Å²) in [7, 11) is 0. The number of thiophene rings is 1. The standard InChI is InChI=1S/C16H13BrO3S/c17-12-9-13(21-10-12)3-4-14(18)11-2-5-15-16(8-11)20-7-1-6-19-15/h2-5,8-10H,1,6-7H2/b4-3+. The van der Waals surface area contributed by atoms with Gasteiger partial charge in [-0.3, -0.25) is 4.79 Å². The summed E-state index contributed by atoms with van der Waals surface area (Å²) in [5, 5.41) is 1.98. The van der Waals surface area contributed by atoms with Gasteiger partial charge in [0.1, 0.15) is 0 Å². The van der Waals surface area contributed by atoms with E-state index < -0.39 is 0 Å². The zero-order valence-electron chi connectivity index (χ0n) is 11.2. The topological polar surface area (TPSA) is 35.5 Å². The highest BCUT2D eigenvalue weighted by Crippen LogP contribution is 2.30. The van der Waals surface area contributed by atoms with Crippen molar-refractivity contribution in [1.82, 2.24) is 0 Å². The van der Waals surface area contributed by atoms with Gasteiger partial charge in [-0.1, -0.05) is 0 Å². The molecule has 5 heteroatoms. The molecular weight excluding hydrogens is 352 g/mol. The number of halogens is 1. The first-order valence-corrected chi connectivity index (χ1v) is 8.26. The third kappa shape index (κ3) is 3.54. The summed E-state index contributed by atoms with van der Waals surface area (Å²) in [6.07, 6.45) is 4.25. The SMILES string of the molecule is O=C(/C=C/c1cc(Br)cs1)c1ccc2c(c1)OCCCO2. The summed E-state index contributed by atoms with van der Waals surface area (Å²) in [6.45, 7) is 1.26. The summed E-state index contributed by atoms with van der Waals surface area (Å²) < 4.78 is 12.2. The van der Waals surface area contributed by atoms with Gasteiger partial charge in [-0.25, -0.2) is 0 Å². The quantitative estimate of drug-likeness (QED) is 0.591. The smallest absolute Gasteiger partial charge is 0.186 e. The first kappa shape index (κ1) is 14.4.